The van der Waals surface area contributed by atoms with Crippen LogP contribution in [-0.2, 0) is 4.79 Å². The monoisotopic (exact) mass is 275 g/mol. The van der Waals surface area contributed by atoms with Gasteiger partial charge in [0.2, 0.25) is 5.91 Å². The van der Waals surface area contributed by atoms with Gasteiger partial charge in [-0.15, -0.1) is 0 Å². The van der Waals surface area contributed by atoms with E-state index in [-0.39, 0.29) is 17.8 Å². The Morgan fingerprint density at radius 1 is 1.44 bits per heavy atom. The van der Waals surface area contributed by atoms with E-state index in [0.29, 0.717) is 12.8 Å². The van der Waals surface area contributed by atoms with Gasteiger partial charge in [-0.3, -0.25) is 4.79 Å². The van der Waals surface area contributed by atoms with Crippen molar-refractivity contribution in [1.29, 1.82) is 0 Å². The highest BCUT2D eigenvalue weighted by atomic mass is 32.2. The number of hydrogen-bond acceptors (Lipinski definition) is 4. The minimum atomic E-state index is -0.903. The van der Waals surface area contributed by atoms with Crippen LogP contribution in [0.3, 0.4) is 0 Å². The molecule has 0 bridgehead atoms. The molecule has 0 aromatic heterocycles. The van der Waals surface area contributed by atoms with Crippen molar-refractivity contribution in [3.05, 3.63) is 0 Å². The lowest BCUT2D eigenvalue weighted by atomic mass is 9.80. The number of nitrogens with two attached hydrogens (primary N) is 1. The third kappa shape index (κ3) is 4.08. The molecule has 0 rings (SSSR count). The van der Waals surface area contributed by atoms with E-state index in [1.807, 2.05) is 20.8 Å². The highest BCUT2D eigenvalue weighted by Crippen LogP contribution is 2.27. The zero-order chi connectivity index (χ0) is 14.2. The number of nitrogens with one attached hydrogen (secondary N) is 1. The fourth-order valence-corrected chi connectivity index (χ4v) is 2.52. The average molecular weight is 275 g/mol. The van der Waals surface area contributed by atoms with Gasteiger partial charge in [0, 0.05) is 11.8 Å². The number of hydrogen-bond donors (Lipinski definition) is 3. The molecule has 5 nitrogen and oxygen atoms in total. The quantitative estimate of drug-likeness (QED) is 0.273. The Morgan fingerprint density at radius 2 is 2.00 bits per heavy atom. The van der Waals surface area contributed by atoms with Crippen LogP contribution in [0.2, 0.25) is 0 Å². The highest BCUT2D eigenvalue weighted by molar-refractivity contribution is 7.99. The largest absolute Gasteiger partial charge is 0.409 e. The minimum Gasteiger partial charge on any atom is -0.409 e. The standard InChI is InChI=1S/C12H25N3O2S/c1-5-12(6-2,10(13)15-17)11(16)14-9(4)8-18-7-3/h9,17H,5-8H2,1-4H3,(H2,13,15)(H,14,16). The molecule has 1 amide bonds. The third-order valence-corrected chi connectivity index (χ3v) is 4.33. The van der Waals surface area contributed by atoms with E-state index in [4.69, 9.17) is 10.9 Å². The molecule has 0 aliphatic rings. The predicted molar refractivity (Wildman–Crippen MR) is 77.0 cm³/mol. The molecule has 0 saturated carbocycles. The number of amides is 1. The van der Waals surface area contributed by atoms with Crippen LogP contribution in [0.5, 0.6) is 0 Å². The van der Waals surface area contributed by atoms with Gasteiger partial charge in [0.15, 0.2) is 5.84 Å². The van der Waals surface area contributed by atoms with Gasteiger partial charge in [-0.1, -0.05) is 25.9 Å². The number of rotatable bonds is 8. The second-order valence-electron chi connectivity index (χ2n) is 4.31. The predicted octanol–water partition coefficient (Wildman–Crippen LogP) is 1.80. The molecule has 106 valence electrons. The van der Waals surface area contributed by atoms with Crippen LogP contribution in [0.15, 0.2) is 5.16 Å². The van der Waals surface area contributed by atoms with E-state index in [1.54, 1.807) is 11.8 Å². The van der Waals surface area contributed by atoms with E-state index in [1.165, 1.54) is 0 Å². The Morgan fingerprint density at radius 3 is 2.39 bits per heavy atom. The van der Waals surface area contributed by atoms with Crippen molar-refractivity contribution >= 4 is 23.5 Å². The number of carbonyl (C=O) groups excluding carboxylic acids is 1. The fourth-order valence-electron chi connectivity index (χ4n) is 1.84. The van der Waals surface area contributed by atoms with Gasteiger partial charge < -0.3 is 16.3 Å². The molecule has 0 aliphatic carbocycles. The molecule has 0 radical (unpaired) electrons. The normalized spacial score (nSPS) is 14.3. The first kappa shape index (κ1) is 17.1. The molecule has 0 fully saturated rings. The number of amidine groups is 1. The van der Waals surface area contributed by atoms with E-state index >= 15 is 0 Å². The maximum atomic E-state index is 12.3. The molecule has 0 spiro atoms. The van der Waals surface area contributed by atoms with Gasteiger partial charge in [-0.05, 0) is 25.5 Å². The molecular weight excluding hydrogens is 250 g/mol. The smallest absolute Gasteiger partial charge is 0.234 e. The zero-order valence-corrected chi connectivity index (χ0v) is 12.5. The van der Waals surface area contributed by atoms with E-state index in [2.05, 4.69) is 17.4 Å². The van der Waals surface area contributed by atoms with Crippen molar-refractivity contribution in [2.24, 2.45) is 16.3 Å². The molecule has 0 aromatic rings. The van der Waals surface area contributed by atoms with Crippen LogP contribution in [0, 0.1) is 5.41 Å². The lowest BCUT2D eigenvalue weighted by Gasteiger charge is -2.30. The Kier molecular flexibility index (Phi) is 7.82. The maximum absolute atomic E-state index is 12.3. The van der Waals surface area contributed by atoms with E-state index < -0.39 is 5.41 Å². The Balaban J connectivity index is 4.78. The summed E-state index contributed by atoms with van der Waals surface area (Å²) in [7, 11) is 0. The minimum absolute atomic E-state index is 0.0136. The summed E-state index contributed by atoms with van der Waals surface area (Å²) < 4.78 is 0. The van der Waals surface area contributed by atoms with Crippen molar-refractivity contribution in [3.63, 3.8) is 0 Å². The molecular formula is C12H25N3O2S. The van der Waals surface area contributed by atoms with Crippen molar-refractivity contribution in [3.8, 4) is 0 Å². The van der Waals surface area contributed by atoms with Gasteiger partial charge in [-0.25, -0.2) is 0 Å². The van der Waals surface area contributed by atoms with E-state index in [0.717, 1.165) is 11.5 Å². The van der Waals surface area contributed by atoms with Crippen LogP contribution in [0.25, 0.3) is 0 Å². The van der Waals surface area contributed by atoms with Crippen LogP contribution in [0.4, 0.5) is 0 Å². The second-order valence-corrected chi connectivity index (χ2v) is 5.63. The summed E-state index contributed by atoms with van der Waals surface area (Å²) in [4.78, 5) is 12.3. The summed E-state index contributed by atoms with van der Waals surface area (Å²) in [6.45, 7) is 7.78. The summed E-state index contributed by atoms with van der Waals surface area (Å²) in [6.07, 6.45) is 1.03. The molecule has 0 aliphatic heterocycles. The van der Waals surface area contributed by atoms with Crippen molar-refractivity contribution in [2.45, 2.75) is 46.6 Å². The van der Waals surface area contributed by atoms with Crippen molar-refractivity contribution < 1.29 is 10.0 Å². The van der Waals surface area contributed by atoms with Crippen molar-refractivity contribution in [2.75, 3.05) is 11.5 Å². The first-order valence-electron chi connectivity index (χ1n) is 6.35. The molecule has 18 heavy (non-hydrogen) atoms. The van der Waals surface area contributed by atoms with Crippen LogP contribution in [-0.4, -0.2) is 34.5 Å². The molecule has 1 atom stereocenters. The van der Waals surface area contributed by atoms with Crippen molar-refractivity contribution in [1.82, 2.24) is 5.32 Å². The number of oxime groups is 1. The fraction of sp³-hybridized carbons (Fsp3) is 0.833. The molecule has 0 saturated heterocycles. The molecule has 6 heteroatoms. The lowest BCUT2D eigenvalue weighted by molar-refractivity contribution is -0.128. The maximum Gasteiger partial charge on any atom is 0.234 e. The highest BCUT2D eigenvalue weighted by Gasteiger charge is 2.40. The van der Waals surface area contributed by atoms with Gasteiger partial charge in [0.1, 0.15) is 5.41 Å². The number of carbonyl (C=O) groups is 1. The molecule has 4 N–H and O–H groups in total. The molecule has 0 aromatic carbocycles. The Hall–Kier alpha value is -0.910. The third-order valence-electron chi connectivity index (χ3n) is 3.19. The number of nitrogens with zero attached hydrogens (tertiary/aromatic N) is 1. The first-order chi connectivity index (χ1) is 8.48. The van der Waals surface area contributed by atoms with E-state index in [9.17, 15) is 4.79 Å². The summed E-state index contributed by atoms with van der Waals surface area (Å²) in [6, 6.07) is 0.0754. The van der Waals surface area contributed by atoms with Gasteiger partial charge >= 0.3 is 0 Å². The summed E-state index contributed by atoms with van der Waals surface area (Å²) in [5.41, 5.74) is 4.78. The SMILES string of the molecule is CCSCC(C)NC(=O)C(CC)(CC)C(N)=NO. The summed E-state index contributed by atoms with van der Waals surface area (Å²) >= 11 is 1.77. The average Bonchev–Trinajstić information content (AvgIpc) is 2.37. The summed E-state index contributed by atoms with van der Waals surface area (Å²) in [5, 5.41) is 14.8. The van der Waals surface area contributed by atoms with Crippen LogP contribution >= 0.6 is 11.8 Å². The van der Waals surface area contributed by atoms with Gasteiger partial charge in [-0.2, -0.15) is 11.8 Å². The second kappa shape index (κ2) is 8.24. The zero-order valence-electron chi connectivity index (χ0n) is 11.7. The van der Waals surface area contributed by atoms with Crippen LogP contribution in [0.1, 0.15) is 40.5 Å². The van der Waals surface area contributed by atoms with Gasteiger partial charge in [0.25, 0.3) is 0 Å². The van der Waals surface area contributed by atoms with Crippen LogP contribution < -0.4 is 11.1 Å². The summed E-state index contributed by atoms with van der Waals surface area (Å²) in [5.74, 6) is 1.71. The number of thioether (sulfide) groups is 1. The lowest BCUT2D eigenvalue weighted by Crippen LogP contribution is -2.51. The molecule has 1 unspecified atom stereocenters. The first-order valence-corrected chi connectivity index (χ1v) is 7.50. The van der Waals surface area contributed by atoms with Gasteiger partial charge in [0.05, 0.1) is 0 Å². The molecule has 0 heterocycles. The Labute approximate surface area is 114 Å². The Bertz CT molecular complexity index is 291. The topological polar surface area (TPSA) is 87.7 Å².